The van der Waals surface area contributed by atoms with Crippen LogP contribution in [-0.2, 0) is 0 Å². The van der Waals surface area contributed by atoms with E-state index in [4.69, 9.17) is 0 Å². The van der Waals surface area contributed by atoms with Crippen molar-refractivity contribution in [1.82, 2.24) is 19.9 Å². The van der Waals surface area contributed by atoms with E-state index < -0.39 is 0 Å². The molecule has 0 spiro atoms. The van der Waals surface area contributed by atoms with Crippen LogP contribution in [0.3, 0.4) is 0 Å². The number of nitrogens with one attached hydrogen (secondary N) is 1. The van der Waals surface area contributed by atoms with Gasteiger partial charge in [0.25, 0.3) is 0 Å². The van der Waals surface area contributed by atoms with E-state index in [1.165, 1.54) is 15.2 Å². The number of thiazole rings is 1. The molecule has 4 heterocycles. The van der Waals surface area contributed by atoms with Crippen LogP contribution in [-0.4, -0.2) is 40.0 Å². The van der Waals surface area contributed by atoms with Crippen LogP contribution in [0.5, 0.6) is 0 Å². The third kappa shape index (κ3) is 2.88. The predicted molar refractivity (Wildman–Crippen MR) is 110 cm³/mol. The van der Waals surface area contributed by atoms with E-state index in [9.17, 15) is 0 Å². The molecule has 0 saturated heterocycles. The van der Waals surface area contributed by atoms with Gasteiger partial charge in [-0.05, 0) is 43.3 Å². The molecule has 0 saturated carbocycles. The van der Waals surface area contributed by atoms with Crippen LogP contribution in [0.15, 0.2) is 42.2 Å². The average Bonchev–Trinajstić information content (AvgIpc) is 3.29. The zero-order valence-corrected chi connectivity index (χ0v) is 15.9. The highest BCUT2D eigenvalue weighted by Crippen LogP contribution is 2.35. The monoisotopic (exact) mass is 379 g/mol. The molecule has 0 aliphatic carbocycles. The quantitative estimate of drug-likeness (QED) is 0.556. The number of anilines is 2. The Hall–Kier alpha value is -2.35. The van der Waals surface area contributed by atoms with Gasteiger partial charge in [-0.25, -0.2) is 15.0 Å². The highest BCUT2D eigenvalue weighted by Gasteiger charge is 2.15. The molecular formula is C19H17N5S2. The lowest BCUT2D eigenvalue weighted by molar-refractivity contribution is 0.370. The van der Waals surface area contributed by atoms with Crippen molar-refractivity contribution in [3.8, 4) is 0 Å². The number of fused-ring (bicyclic) bond motifs is 2. The highest BCUT2D eigenvalue weighted by atomic mass is 32.1. The number of hydrogen-bond donors (Lipinski definition) is 1. The number of rotatable bonds is 3. The molecule has 0 atom stereocenters. The van der Waals surface area contributed by atoms with Crippen LogP contribution in [0.25, 0.3) is 26.0 Å². The van der Waals surface area contributed by atoms with Crippen LogP contribution in [0.4, 0.5) is 11.5 Å². The molecular weight excluding hydrogens is 362 g/mol. The number of thiophene rings is 1. The maximum atomic E-state index is 4.48. The molecule has 3 aromatic heterocycles. The lowest BCUT2D eigenvalue weighted by atomic mass is 10.1. The van der Waals surface area contributed by atoms with Gasteiger partial charge in [-0.1, -0.05) is 6.08 Å². The van der Waals surface area contributed by atoms with Crippen molar-refractivity contribution in [1.29, 1.82) is 0 Å². The summed E-state index contributed by atoms with van der Waals surface area (Å²) in [5, 5.41) is 4.54. The zero-order valence-electron chi connectivity index (χ0n) is 14.3. The van der Waals surface area contributed by atoms with Crippen LogP contribution < -0.4 is 5.32 Å². The average molecular weight is 380 g/mol. The molecule has 1 aliphatic heterocycles. The van der Waals surface area contributed by atoms with Gasteiger partial charge in [0.15, 0.2) is 0 Å². The maximum Gasteiger partial charge on any atom is 0.142 e. The van der Waals surface area contributed by atoms with E-state index in [0.29, 0.717) is 0 Å². The third-order valence-corrected chi connectivity index (χ3v) is 6.56. The molecule has 7 heteroatoms. The smallest absolute Gasteiger partial charge is 0.142 e. The minimum Gasteiger partial charge on any atom is -0.340 e. The minimum absolute atomic E-state index is 0.856. The molecule has 4 aromatic rings. The van der Waals surface area contributed by atoms with Gasteiger partial charge in [0.05, 0.1) is 21.1 Å². The summed E-state index contributed by atoms with van der Waals surface area (Å²) in [5.74, 6) is 0.856. The second-order valence-corrected chi connectivity index (χ2v) is 8.37. The molecule has 1 N–H and O–H groups in total. The summed E-state index contributed by atoms with van der Waals surface area (Å²) in [5.41, 5.74) is 5.34. The molecule has 0 fully saturated rings. The van der Waals surface area contributed by atoms with Gasteiger partial charge < -0.3 is 10.2 Å². The van der Waals surface area contributed by atoms with Gasteiger partial charge in [-0.2, -0.15) is 0 Å². The molecule has 0 unspecified atom stereocenters. The van der Waals surface area contributed by atoms with Crippen LogP contribution in [0.1, 0.15) is 11.3 Å². The Labute approximate surface area is 159 Å². The summed E-state index contributed by atoms with van der Waals surface area (Å²) in [6, 6.07) is 8.43. The zero-order chi connectivity index (χ0) is 17.5. The van der Waals surface area contributed by atoms with Crippen molar-refractivity contribution in [3.05, 3.63) is 47.1 Å². The van der Waals surface area contributed by atoms with Crippen LogP contribution >= 0.6 is 22.7 Å². The van der Waals surface area contributed by atoms with E-state index in [-0.39, 0.29) is 0 Å². The molecule has 0 amide bonds. The van der Waals surface area contributed by atoms with Gasteiger partial charge in [0.1, 0.15) is 17.0 Å². The second kappa shape index (κ2) is 6.42. The largest absolute Gasteiger partial charge is 0.340 e. The summed E-state index contributed by atoms with van der Waals surface area (Å²) in [6.07, 6.45) is 5.05. The fourth-order valence-corrected chi connectivity index (χ4v) is 4.96. The first-order valence-electron chi connectivity index (χ1n) is 8.49. The van der Waals surface area contributed by atoms with Crippen molar-refractivity contribution in [2.45, 2.75) is 6.42 Å². The van der Waals surface area contributed by atoms with Gasteiger partial charge in [-0.15, -0.1) is 22.7 Å². The Kier molecular flexibility index (Phi) is 3.92. The molecule has 5 nitrogen and oxygen atoms in total. The van der Waals surface area contributed by atoms with E-state index in [2.05, 4.69) is 50.4 Å². The van der Waals surface area contributed by atoms with E-state index >= 15 is 0 Å². The van der Waals surface area contributed by atoms with E-state index in [1.807, 2.05) is 17.6 Å². The number of nitrogens with zero attached hydrogens (tertiary/aromatic N) is 4. The Morgan fingerprint density at radius 1 is 1.15 bits per heavy atom. The molecule has 5 rings (SSSR count). The molecule has 1 aromatic carbocycles. The van der Waals surface area contributed by atoms with E-state index in [1.54, 1.807) is 29.0 Å². The third-order valence-electron chi connectivity index (χ3n) is 4.65. The predicted octanol–water partition coefficient (Wildman–Crippen LogP) is 4.76. The first kappa shape index (κ1) is 15.9. The van der Waals surface area contributed by atoms with Crippen LogP contribution in [0, 0.1) is 0 Å². The number of hydrogen-bond acceptors (Lipinski definition) is 7. The topological polar surface area (TPSA) is 53.9 Å². The summed E-state index contributed by atoms with van der Waals surface area (Å²) < 4.78 is 1.17. The Morgan fingerprint density at radius 2 is 2.12 bits per heavy atom. The first-order chi connectivity index (χ1) is 12.8. The fourth-order valence-electron chi connectivity index (χ4n) is 3.18. The fraction of sp³-hybridized carbons (Fsp3) is 0.211. The number of aromatic nitrogens is 3. The van der Waals surface area contributed by atoms with Gasteiger partial charge in [-0.3, -0.25) is 0 Å². The second-order valence-electron chi connectivity index (χ2n) is 6.45. The van der Waals surface area contributed by atoms with E-state index in [0.717, 1.165) is 46.7 Å². The SMILES string of the molecule is CN1CC=C(c2cc3c(Nc4ccc5ncsc5c4)ncnc3s2)CC1. The molecule has 0 radical (unpaired) electrons. The Morgan fingerprint density at radius 3 is 3.00 bits per heavy atom. The molecule has 130 valence electrons. The number of benzene rings is 1. The first-order valence-corrected chi connectivity index (χ1v) is 10.2. The Balaban J connectivity index is 1.51. The lowest BCUT2D eigenvalue weighted by Crippen LogP contribution is -2.23. The summed E-state index contributed by atoms with van der Waals surface area (Å²) in [6.45, 7) is 2.11. The summed E-state index contributed by atoms with van der Waals surface area (Å²) in [7, 11) is 2.16. The van der Waals surface area contributed by atoms with Crippen molar-refractivity contribution in [3.63, 3.8) is 0 Å². The van der Waals surface area contributed by atoms with Crippen molar-refractivity contribution >= 4 is 60.2 Å². The number of likely N-dealkylation sites (N-methyl/N-ethyl adjacent to an activating group) is 1. The summed E-state index contributed by atoms with van der Waals surface area (Å²) >= 11 is 3.39. The standard InChI is InChI=1S/C19H17N5S2/c1-24-6-4-12(5-7-24)16-9-14-18(20-10-21-19(14)26-16)23-13-2-3-15-17(8-13)25-11-22-15/h2-4,8-11H,5-7H2,1H3,(H,20,21,23). The summed E-state index contributed by atoms with van der Waals surface area (Å²) in [4.78, 5) is 18.0. The van der Waals surface area contributed by atoms with Crippen molar-refractivity contribution in [2.75, 3.05) is 25.5 Å². The van der Waals surface area contributed by atoms with Gasteiger partial charge >= 0.3 is 0 Å². The lowest BCUT2D eigenvalue weighted by Gasteiger charge is -2.21. The maximum absolute atomic E-state index is 4.48. The Bertz CT molecular complexity index is 1130. The van der Waals surface area contributed by atoms with Gasteiger partial charge in [0, 0.05) is 23.7 Å². The van der Waals surface area contributed by atoms with Crippen molar-refractivity contribution < 1.29 is 0 Å². The molecule has 0 bridgehead atoms. The highest BCUT2D eigenvalue weighted by molar-refractivity contribution is 7.19. The normalized spacial score (nSPS) is 15.5. The molecule has 1 aliphatic rings. The molecule has 26 heavy (non-hydrogen) atoms. The van der Waals surface area contributed by atoms with Crippen molar-refractivity contribution in [2.24, 2.45) is 0 Å². The van der Waals surface area contributed by atoms with Gasteiger partial charge in [0.2, 0.25) is 0 Å². The van der Waals surface area contributed by atoms with Crippen LogP contribution in [0.2, 0.25) is 0 Å². The minimum atomic E-state index is 0.856.